The van der Waals surface area contributed by atoms with Crippen molar-refractivity contribution in [3.05, 3.63) is 16.1 Å². The summed E-state index contributed by atoms with van der Waals surface area (Å²) in [4.78, 5) is 16.1. The van der Waals surface area contributed by atoms with Crippen LogP contribution in [0.4, 0.5) is 0 Å². The Morgan fingerprint density at radius 3 is 3.00 bits per heavy atom. The molecule has 0 radical (unpaired) electrons. The van der Waals surface area contributed by atoms with Crippen molar-refractivity contribution in [3.63, 3.8) is 0 Å². The summed E-state index contributed by atoms with van der Waals surface area (Å²) in [7, 11) is 0. The first-order valence-corrected chi connectivity index (χ1v) is 5.41. The van der Waals surface area contributed by atoms with Gasteiger partial charge in [0.25, 0.3) is 0 Å². The molecular weight excluding hydrogens is 198 g/mol. The molecule has 0 bridgehead atoms. The van der Waals surface area contributed by atoms with Crippen molar-refractivity contribution in [2.75, 3.05) is 0 Å². The average molecular weight is 213 g/mol. The molecule has 0 aliphatic rings. The zero-order chi connectivity index (χ0) is 10.6. The fraction of sp³-hybridized carbons (Fsp3) is 0.556. The highest BCUT2D eigenvalue weighted by molar-refractivity contribution is 7.11. The number of aromatic nitrogens is 1. The number of carbonyl (C=O) groups excluding carboxylic acids is 1. The molecule has 0 fully saturated rings. The van der Waals surface area contributed by atoms with Crippen LogP contribution in [0.15, 0.2) is 6.20 Å². The van der Waals surface area contributed by atoms with E-state index in [9.17, 15) is 4.79 Å². The molecule has 1 amide bonds. The molecule has 0 aromatic carbocycles. The average Bonchev–Trinajstić information content (AvgIpc) is 2.61. The second kappa shape index (κ2) is 5.07. The standard InChI is InChI=1S/C9H15N3OS/c1-3-8-12-5-7(14-8)4-11-6(2)9(10)13/h5-6,11H,3-4H2,1-2H3,(H2,10,13)/t6-/m0/s1. The number of hydrogen-bond donors (Lipinski definition) is 2. The van der Waals surface area contributed by atoms with Crippen LogP contribution in [0, 0.1) is 0 Å². The van der Waals surface area contributed by atoms with Gasteiger partial charge in [-0.3, -0.25) is 4.79 Å². The quantitative estimate of drug-likeness (QED) is 0.755. The van der Waals surface area contributed by atoms with E-state index >= 15 is 0 Å². The highest BCUT2D eigenvalue weighted by Crippen LogP contribution is 2.12. The maximum atomic E-state index is 10.7. The van der Waals surface area contributed by atoms with Gasteiger partial charge < -0.3 is 11.1 Å². The molecule has 0 spiro atoms. The first kappa shape index (κ1) is 11.1. The van der Waals surface area contributed by atoms with Crippen molar-refractivity contribution in [2.45, 2.75) is 32.9 Å². The predicted molar refractivity (Wildman–Crippen MR) is 57.0 cm³/mol. The molecule has 0 aliphatic carbocycles. The molecule has 1 atom stereocenters. The molecule has 14 heavy (non-hydrogen) atoms. The summed E-state index contributed by atoms with van der Waals surface area (Å²) in [6.45, 7) is 4.48. The van der Waals surface area contributed by atoms with Crippen LogP contribution in [-0.2, 0) is 17.8 Å². The number of nitrogens with two attached hydrogens (primary N) is 1. The molecule has 4 nitrogen and oxygen atoms in total. The van der Waals surface area contributed by atoms with Gasteiger partial charge in [0.05, 0.1) is 11.0 Å². The predicted octanol–water partition coefficient (Wildman–Crippen LogP) is 0.669. The van der Waals surface area contributed by atoms with Crippen molar-refractivity contribution >= 4 is 17.2 Å². The third-order valence-corrected chi connectivity index (χ3v) is 3.05. The highest BCUT2D eigenvalue weighted by atomic mass is 32.1. The van der Waals surface area contributed by atoms with E-state index in [0.717, 1.165) is 16.3 Å². The Bertz CT molecular complexity index is 311. The van der Waals surface area contributed by atoms with Crippen molar-refractivity contribution in [1.82, 2.24) is 10.3 Å². The maximum Gasteiger partial charge on any atom is 0.234 e. The fourth-order valence-corrected chi connectivity index (χ4v) is 1.76. The Balaban J connectivity index is 2.41. The lowest BCUT2D eigenvalue weighted by Gasteiger charge is -2.07. The second-order valence-electron chi connectivity index (χ2n) is 3.08. The third kappa shape index (κ3) is 3.08. The molecule has 0 aliphatic heterocycles. The van der Waals surface area contributed by atoms with Crippen LogP contribution in [-0.4, -0.2) is 16.9 Å². The first-order valence-electron chi connectivity index (χ1n) is 4.59. The smallest absolute Gasteiger partial charge is 0.234 e. The number of thiazole rings is 1. The summed E-state index contributed by atoms with van der Waals surface area (Å²) in [5.41, 5.74) is 5.12. The van der Waals surface area contributed by atoms with E-state index in [1.54, 1.807) is 18.3 Å². The molecule has 3 N–H and O–H groups in total. The minimum absolute atomic E-state index is 0.290. The molecule has 0 unspecified atom stereocenters. The molecule has 0 saturated carbocycles. The monoisotopic (exact) mass is 213 g/mol. The lowest BCUT2D eigenvalue weighted by molar-refractivity contribution is -0.119. The Hall–Kier alpha value is -0.940. The number of nitrogens with zero attached hydrogens (tertiary/aromatic N) is 1. The molecular formula is C9H15N3OS. The Morgan fingerprint density at radius 2 is 2.50 bits per heavy atom. The number of amides is 1. The van der Waals surface area contributed by atoms with Gasteiger partial charge in [-0.05, 0) is 13.3 Å². The fourth-order valence-electron chi connectivity index (χ4n) is 0.947. The van der Waals surface area contributed by atoms with Gasteiger partial charge in [-0.2, -0.15) is 0 Å². The summed E-state index contributed by atoms with van der Waals surface area (Å²) in [5.74, 6) is -0.328. The molecule has 1 heterocycles. The van der Waals surface area contributed by atoms with Crippen LogP contribution in [0.1, 0.15) is 23.7 Å². The van der Waals surface area contributed by atoms with Crippen molar-refractivity contribution in [2.24, 2.45) is 5.73 Å². The summed E-state index contributed by atoms with van der Waals surface area (Å²) in [5, 5.41) is 4.15. The third-order valence-electron chi connectivity index (χ3n) is 1.91. The highest BCUT2D eigenvalue weighted by Gasteiger charge is 2.08. The van der Waals surface area contributed by atoms with E-state index in [1.807, 2.05) is 6.20 Å². The summed E-state index contributed by atoms with van der Waals surface area (Å²) >= 11 is 1.66. The Morgan fingerprint density at radius 1 is 1.79 bits per heavy atom. The topological polar surface area (TPSA) is 68.0 Å². The van der Waals surface area contributed by atoms with E-state index in [-0.39, 0.29) is 11.9 Å². The van der Waals surface area contributed by atoms with Crippen molar-refractivity contribution in [3.8, 4) is 0 Å². The number of aryl methyl sites for hydroxylation is 1. The van der Waals surface area contributed by atoms with Gasteiger partial charge in [-0.15, -0.1) is 11.3 Å². The van der Waals surface area contributed by atoms with Crippen LogP contribution in [0.25, 0.3) is 0 Å². The summed E-state index contributed by atoms with van der Waals surface area (Å²) in [6, 6.07) is -0.290. The van der Waals surface area contributed by atoms with E-state index in [4.69, 9.17) is 5.73 Å². The molecule has 78 valence electrons. The number of carbonyl (C=O) groups is 1. The minimum atomic E-state index is -0.328. The van der Waals surface area contributed by atoms with Gasteiger partial charge in [0.1, 0.15) is 0 Å². The van der Waals surface area contributed by atoms with Gasteiger partial charge in [0.15, 0.2) is 0 Å². The van der Waals surface area contributed by atoms with Gasteiger partial charge in [0.2, 0.25) is 5.91 Å². The normalized spacial score (nSPS) is 12.7. The first-order chi connectivity index (χ1) is 6.63. The van der Waals surface area contributed by atoms with Gasteiger partial charge in [-0.25, -0.2) is 4.98 Å². The number of hydrogen-bond acceptors (Lipinski definition) is 4. The van der Waals surface area contributed by atoms with E-state index in [0.29, 0.717) is 6.54 Å². The lowest BCUT2D eigenvalue weighted by atomic mass is 10.3. The molecule has 0 saturated heterocycles. The minimum Gasteiger partial charge on any atom is -0.368 e. The summed E-state index contributed by atoms with van der Waals surface area (Å²) in [6.07, 6.45) is 2.79. The van der Waals surface area contributed by atoms with Gasteiger partial charge in [0, 0.05) is 17.6 Å². The molecule has 1 rings (SSSR count). The Kier molecular flexibility index (Phi) is 4.03. The molecule has 1 aromatic heterocycles. The number of primary amides is 1. The van der Waals surface area contributed by atoms with Gasteiger partial charge in [-0.1, -0.05) is 6.92 Å². The second-order valence-corrected chi connectivity index (χ2v) is 4.28. The van der Waals surface area contributed by atoms with E-state index in [1.165, 1.54) is 0 Å². The molecule has 5 heteroatoms. The largest absolute Gasteiger partial charge is 0.368 e. The van der Waals surface area contributed by atoms with Crippen molar-refractivity contribution in [1.29, 1.82) is 0 Å². The van der Waals surface area contributed by atoms with Crippen LogP contribution >= 0.6 is 11.3 Å². The SMILES string of the molecule is CCc1ncc(CN[C@@H](C)C(N)=O)s1. The van der Waals surface area contributed by atoms with Gasteiger partial charge >= 0.3 is 0 Å². The summed E-state index contributed by atoms with van der Waals surface area (Å²) < 4.78 is 0. The van der Waals surface area contributed by atoms with E-state index < -0.39 is 0 Å². The number of nitrogens with one attached hydrogen (secondary N) is 1. The van der Waals surface area contributed by atoms with Crippen LogP contribution in [0.5, 0.6) is 0 Å². The van der Waals surface area contributed by atoms with Crippen LogP contribution in [0.3, 0.4) is 0 Å². The number of rotatable bonds is 5. The Labute approximate surface area is 87.5 Å². The van der Waals surface area contributed by atoms with E-state index in [2.05, 4.69) is 17.2 Å². The zero-order valence-electron chi connectivity index (χ0n) is 8.41. The van der Waals surface area contributed by atoms with Crippen LogP contribution in [0.2, 0.25) is 0 Å². The zero-order valence-corrected chi connectivity index (χ0v) is 9.23. The molecule has 1 aromatic rings. The maximum absolute atomic E-state index is 10.7. The van der Waals surface area contributed by atoms with Crippen molar-refractivity contribution < 1.29 is 4.79 Å². The lowest BCUT2D eigenvalue weighted by Crippen LogP contribution is -2.38. The van der Waals surface area contributed by atoms with Crippen LogP contribution < -0.4 is 11.1 Å².